The van der Waals surface area contributed by atoms with E-state index in [1.54, 1.807) is 0 Å². The molecule has 0 saturated heterocycles. The fourth-order valence-corrected chi connectivity index (χ4v) is 2.36. The molecule has 0 aliphatic carbocycles. The quantitative estimate of drug-likeness (QED) is 0.736. The summed E-state index contributed by atoms with van der Waals surface area (Å²) in [6.07, 6.45) is 2.95. The number of hydrogen-bond donors (Lipinski definition) is 0. The molecule has 2 aromatic carbocycles. The van der Waals surface area contributed by atoms with E-state index in [9.17, 15) is 4.79 Å². The average molecular weight is 331 g/mol. The maximum atomic E-state index is 11.9. The normalized spacial score (nSPS) is 10.5. The van der Waals surface area contributed by atoms with Crippen molar-refractivity contribution >= 4 is 21.7 Å². The average Bonchev–Trinajstić information content (AvgIpc) is 2.46. The van der Waals surface area contributed by atoms with E-state index >= 15 is 0 Å². The number of carbonyl (C=O) groups is 1. The molecule has 0 aromatic heterocycles. The predicted octanol–water partition coefficient (Wildman–Crippen LogP) is 4.89. The Morgan fingerprint density at radius 3 is 1.80 bits per heavy atom. The molecule has 0 unspecified atom stereocenters. The zero-order chi connectivity index (χ0) is 14.4. The second-order valence-electron chi connectivity index (χ2n) is 5.15. The van der Waals surface area contributed by atoms with Gasteiger partial charge >= 0.3 is 0 Å². The smallest absolute Gasteiger partial charge is 0.133 e. The van der Waals surface area contributed by atoms with Crippen LogP contribution in [0, 0.1) is 6.92 Å². The molecule has 0 aliphatic heterocycles. The molecule has 0 saturated carbocycles. The van der Waals surface area contributed by atoms with Crippen molar-refractivity contribution in [3.05, 3.63) is 69.7 Å². The van der Waals surface area contributed by atoms with E-state index < -0.39 is 0 Å². The fraction of sp³-hybridized carbons (Fsp3) is 0.278. The molecule has 104 valence electrons. The van der Waals surface area contributed by atoms with E-state index in [1.165, 1.54) is 16.7 Å². The molecular formula is C18H19BrO. The SMILES string of the molecule is Cc1ccc(CCC(=O)CCc2ccc(Br)cc2)cc1. The van der Waals surface area contributed by atoms with Crippen LogP contribution in [-0.2, 0) is 17.6 Å². The monoisotopic (exact) mass is 330 g/mol. The van der Waals surface area contributed by atoms with Gasteiger partial charge in [-0.1, -0.05) is 57.9 Å². The third-order valence-electron chi connectivity index (χ3n) is 3.42. The summed E-state index contributed by atoms with van der Waals surface area (Å²) in [7, 11) is 0. The molecule has 2 rings (SSSR count). The minimum Gasteiger partial charge on any atom is -0.300 e. The van der Waals surface area contributed by atoms with Gasteiger partial charge in [0, 0.05) is 17.3 Å². The van der Waals surface area contributed by atoms with Crippen LogP contribution in [0.15, 0.2) is 53.0 Å². The lowest BCUT2D eigenvalue weighted by Crippen LogP contribution is -2.02. The van der Waals surface area contributed by atoms with E-state index in [0.717, 1.165) is 17.3 Å². The first-order valence-corrected chi connectivity index (χ1v) is 7.74. The third kappa shape index (κ3) is 4.93. The van der Waals surface area contributed by atoms with Crippen LogP contribution >= 0.6 is 15.9 Å². The van der Waals surface area contributed by atoms with Gasteiger partial charge < -0.3 is 0 Å². The number of halogens is 1. The van der Waals surface area contributed by atoms with Crippen LogP contribution in [-0.4, -0.2) is 5.78 Å². The lowest BCUT2D eigenvalue weighted by atomic mass is 10.0. The van der Waals surface area contributed by atoms with Gasteiger partial charge in [0.25, 0.3) is 0 Å². The molecule has 0 radical (unpaired) electrons. The van der Waals surface area contributed by atoms with Crippen molar-refractivity contribution in [3.8, 4) is 0 Å². The summed E-state index contributed by atoms with van der Waals surface area (Å²) < 4.78 is 1.08. The van der Waals surface area contributed by atoms with Gasteiger partial charge in [-0.05, 0) is 43.0 Å². The summed E-state index contributed by atoms with van der Waals surface area (Å²) >= 11 is 3.41. The maximum Gasteiger partial charge on any atom is 0.133 e. The molecule has 0 atom stereocenters. The van der Waals surface area contributed by atoms with Gasteiger partial charge in [0.05, 0.1) is 0 Å². The molecule has 0 aliphatic rings. The second kappa shape index (κ2) is 7.39. The molecule has 0 amide bonds. The number of ketones is 1. The van der Waals surface area contributed by atoms with Crippen molar-refractivity contribution in [2.24, 2.45) is 0 Å². The van der Waals surface area contributed by atoms with Crippen LogP contribution in [0.3, 0.4) is 0 Å². The van der Waals surface area contributed by atoms with Crippen molar-refractivity contribution in [1.29, 1.82) is 0 Å². The van der Waals surface area contributed by atoms with Crippen molar-refractivity contribution < 1.29 is 4.79 Å². The van der Waals surface area contributed by atoms with E-state index in [4.69, 9.17) is 0 Å². The molecule has 2 aromatic rings. The summed E-state index contributed by atoms with van der Waals surface area (Å²) in [6.45, 7) is 2.08. The van der Waals surface area contributed by atoms with Crippen molar-refractivity contribution in [3.63, 3.8) is 0 Å². The van der Waals surface area contributed by atoms with E-state index in [0.29, 0.717) is 18.6 Å². The van der Waals surface area contributed by atoms with Gasteiger partial charge in [-0.3, -0.25) is 4.79 Å². The second-order valence-corrected chi connectivity index (χ2v) is 6.07. The van der Waals surface area contributed by atoms with Gasteiger partial charge in [-0.25, -0.2) is 0 Å². The first-order valence-electron chi connectivity index (χ1n) is 6.95. The Morgan fingerprint density at radius 1 is 0.850 bits per heavy atom. The largest absolute Gasteiger partial charge is 0.300 e. The Hall–Kier alpha value is -1.41. The first kappa shape index (κ1) is 15.0. The zero-order valence-corrected chi connectivity index (χ0v) is 13.3. The Labute approximate surface area is 129 Å². The van der Waals surface area contributed by atoms with Crippen LogP contribution in [0.4, 0.5) is 0 Å². The fourth-order valence-electron chi connectivity index (χ4n) is 2.10. The number of hydrogen-bond acceptors (Lipinski definition) is 1. The van der Waals surface area contributed by atoms with Crippen molar-refractivity contribution in [2.45, 2.75) is 32.6 Å². The molecular weight excluding hydrogens is 312 g/mol. The number of carbonyl (C=O) groups excluding carboxylic acids is 1. The highest BCUT2D eigenvalue weighted by molar-refractivity contribution is 9.10. The summed E-state index contributed by atoms with van der Waals surface area (Å²) in [4.78, 5) is 11.9. The van der Waals surface area contributed by atoms with Gasteiger partial charge in [0.15, 0.2) is 0 Å². The maximum absolute atomic E-state index is 11.9. The lowest BCUT2D eigenvalue weighted by Gasteiger charge is -2.03. The topological polar surface area (TPSA) is 17.1 Å². The van der Waals surface area contributed by atoms with Gasteiger partial charge in [-0.15, -0.1) is 0 Å². The third-order valence-corrected chi connectivity index (χ3v) is 3.95. The highest BCUT2D eigenvalue weighted by Crippen LogP contribution is 2.13. The summed E-state index contributed by atoms with van der Waals surface area (Å²) in [6, 6.07) is 16.6. The van der Waals surface area contributed by atoms with Crippen LogP contribution in [0.1, 0.15) is 29.5 Å². The molecule has 0 fully saturated rings. The van der Waals surface area contributed by atoms with Crippen molar-refractivity contribution in [2.75, 3.05) is 0 Å². The number of rotatable bonds is 6. The van der Waals surface area contributed by atoms with Crippen LogP contribution in [0.2, 0.25) is 0 Å². The molecule has 0 spiro atoms. The summed E-state index contributed by atoms with van der Waals surface area (Å²) in [5, 5.41) is 0. The summed E-state index contributed by atoms with van der Waals surface area (Å²) in [5.41, 5.74) is 3.72. The van der Waals surface area contributed by atoms with Gasteiger partial charge in [-0.2, -0.15) is 0 Å². The summed E-state index contributed by atoms with van der Waals surface area (Å²) in [5.74, 6) is 0.341. The Morgan fingerprint density at radius 2 is 1.30 bits per heavy atom. The zero-order valence-electron chi connectivity index (χ0n) is 11.7. The first-order chi connectivity index (χ1) is 9.63. The van der Waals surface area contributed by atoms with E-state index in [-0.39, 0.29) is 0 Å². The van der Waals surface area contributed by atoms with Gasteiger partial charge in [0.1, 0.15) is 5.78 Å². The van der Waals surface area contributed by atoms with Crippen LogP contribution in [0.25, 0.3) is 0 Å². The predicted molar refractivity (Wildman–Crippen MR) is 87.0 cm³/mol. The number of benzene rings is 2. The van der Waals surface area contributed by atoms with Crippen LogP contribution < -0.4 is 0 Å². The highest BCUT2D eigenvalue weighted by atomic mass is 79.9. The molecule has 0 N–H and O–H groups in total. The van der Waals surface area contributed by atoms with E-state index in [2.05, 4.69) is 59.3 Å². The molecule has 2 heteroatoms. The Balaban J connectivity index is 1.75. The number of Topliss-reactive ketones (excluding diaryl/α,β-unsaturated/α-hetero) is 1. The molecule has 20 heavy (non-hydrogen) atoms. The standard InChI is InChI=1S/C18H19BrO/c1-14-2-4-15(5-3-14)8-12-18(20)13-9-16-6-10-17(19)11-7-16/h2-7,10-11H,8-9,12-13H2,1H3. The minimum absolute atomic E-state index is 0.341. The molecule has 0 bridgehead atoms. The lowest BCUT2D eigenvalue weighted by molar-refractivity contribution is -0.119. The van der Waals surface area contributed by atoms with Crippen LogP contribution in [0.5, 0.6) is 0 Å². The van der Waals surface area contributed by atoms with Gasteiger partial charge in [0.2, 0.25) is 0 Å². The Bertz CT molecular complexity index is 503. The minimum atomic E-state index is 0.341. The van der Waals surface area contributed by atoms with E-state index in [1.807, 2.05) is 12.1 Å². The molecule has 0 heterocycles. The van der Waals surface area contributed by atoms with Crippen molar-refractivity contribution in [1.82, 2.24) is 0 Å². The molecule has 1 nitrogen and oxygen atoms in total. The Kier molecular flexibility index (Phi) is 5.54. The highest BCUT2D eigenvalue weighted by Gasteiger charge is 2.04. The number of aryl methyl sites for hydroxylation is 3.